The third-order valence-electron chi connectivity index (χ3n) is 5.06. The highest BCUT2D eigenvalue weighted by atomic mass is 35.5. The summed E-state index contributed by atoms with van der Waals surface area (Å²) in [5, 5.41) is 0.557. The molecule has 0 spiro atoms. The number of carbonyl (C=O) groups excluding carboxylic acids is 1. The van der Waals surface area contributed by atoms with Crippen LogP contribution >= 0.6 is 11.6 Å². The number of fused-ring (bicyclic) bond motifs is 1. The lowest BCUT2D eigenvalue weighted by Crippen LogP contribution is -2.24. The third-order valence-corrected chi connectivity index (χ3v) is 5.41. The van der Waals surface area contributed by atoms with Gasteiger partial charge in [-0.05, 0) is 41.8 Å². The summed E-state index contributed by atoms with van der Waals surface area (Å²) in [5.41, 5.74) is 3.63. The van der Waals surface area contributed by atoms with Gasteiger partial charge >= 0.3 is 0 Å². The van der Waals surface area contributed by atoms with Crippen LogP contribution in [0.1, 0.15) is 17.0 Å². The molecule has 0 bridgehead atoms. The first-order valence-electron chi connectivity index (χ1n) is 9.02. The molecule has 1 amide bonds. The van der Waals surface area contributed by atoms with Gasteiger partial charge in [-0.15, -0.1) is 0 Å². The molecule has 0 radical (unpaired) electrons. The molecule has 0 aliphatic carbocycles. The van der Waals surface area contributed by atoms with E-state index in [-0.39, 0.29) is 11.8 Å². The fourth-order valence-corrected chi connectivity index (χ4v) is 3.94. The number of ether oxygens (including phenoxy) is 2. The summed E-state index contributed by atoms with van der Waals surface area (Å²) < 4.78 is 10.7. The van der Waals surface area contributed by atoms with Gasteiger partial charge in [0.15, 0.2) is 11.5 Å². The van der Waals surface area contributed by atoms with Gasteiger partial charge in [-0.1, -0.05) is 48.0 Å². The number of benzene rings is 3. The molecule has 0 unspecified atom stereocenters. The maximum atomic E-state index is 13.4. The SMILES string of the molecule is COc1cc(Cl)c(C[C@@H]2C(=O)N(c3ccccc3)c3ccccc32)cc1OC. The molecule has 0 aromatic heterocycles. The Morgan fingerprint density at radius 1 is 0.929 bits per heavy atom. The number of hydrogen-bond donors (Lipinski definition) is 0. The molecule has 0 fully saturated rings. The topological polar surface area (TPSA) is 38.8 Å². The van der Waals surface area contributed by atoms with Crippen LogP contribution in [-0.2, 0) is 11.2 Å². The quantitative estimate of drug-likeness (QED) is 0.585. The molecule has 3 aromatic carbocycles. The van der Waals surface area contributed by atoms with Crippen molar-refractivity contribution in [1.82, 2.24) is 0 Å². The second-order valence-corrected chi connectivity index (χ2v) is 7.03. The molecule has 1 aliphatic rings. The molecule has 0 saturated carbocycles. The maximum absolute atomic E-state index is 13.4. The van der Waals surface area contributed by atoms with Gasteiger partial charge in [-0.2, -0.15) is 0 Å². The average molecular weight is 394 g/mol. The van der Waals surface area contributed by atoms with Gasteiger partial charge in [0.2, 0.25) is 5.91 Å². The van der Waals surface area contributed by atoms with E-state index < -0.39 is 0 Å². The van der Waals surface area contributed by atoms with E-state index in [2.05, 4.69) is 0 Å². The van der Waals surface area contributed by atoms with Crippen LogP contribution in [0.5, 0.6) is 11.5 Å². The number of para-hydroxylation sites is 2. The normalized spacial score (nSPS) is 15.5. The smallest absolute Gasteiger partial charge is 0.239 e. The second-order valence-electron chi connectivity index (χ2n) is 6.62. The molecule has 3 aromatic rings. The summed E-state index contributed by atoms with van der Waals surface area (Å²) >= 11 is 6.48. The van der Waals surface area contributed by atoms with E-state index in [1.807, 2.05) is 60.7 Å². The Labute approximate surface area is 169 Å². The minimum absolute atomic E-state index is 0.0400. The Morgan fingerprint density at radius 2 is 1.57 bits per heavy atom. The number of halogens is 1. The molecule has 142 valence electrons. The largest absolute Gasteiger partial charge is 0.493 e. The number of carbonyl (C=O) groups is 1. The zero-order valence-corrected chi connectivity index (χ0v) is 16.4. The number of rotatable bonds is 5. The molecule has 4 nitrogen and oxygen atoms in total. The molecule has 1 aliphatic heterocycles. The first-order chi connectivity index (χ1) is 13.6. The Balaban J connectivity index is 1.74. The van der Waals surface area contributed by atoms with Gasteiger partial charge in [0, 0.05) is 16.8 Å². The number of nitrogens with zero attached hydrogens (tertiary/aromatic N) is 1. The van der Waals surface area contributed by atoms with Gasteiger partial charge in [-0.3, -0.25) is 9.69 Å². The Morgan fingerprint density at radius 3 is 2.29 bits per heavy atom. The van der Waals surface area contributed by atoms with Crippen LogP contribution in [0.2, 0.25) is 5.02 Å². The predicted molar refractivity (Wildman–Crippen MR) is 111 cm³/mol. The highest BCUT2D eigenvalue weighted by Gasteiger charge is 2.38. The maximum Gasteiger partial charge on any atom is 0.239 e. The first kappa shape index (κ1) is 18.4. The minimum atomic E-state index is -0.313. The molecule has 0 saturated heterocycles. The van der Waals surface area contributed by atoms with Crippen molar-refractivity contribution >= 4 is 28.9 Å². The lowest BCUT2D eigenvalue weighted by atomic mass is 9.93. The predicted octanol–water partition coefficient (Wildman–Crippen LogP) is 5.36. The van der Waals surface area contributed by atoms with E-state index >= 15 is 0 Å². The number of amides is 1. The van der Waals surface area contributed by atoms with Crippen molar-refractivity contribution in [3.05, 3.63) is 82.9 Å². The van der Waals surface area contributed by atoms with E-state index in [0.29, 0.717) is 22.9 Å². The van der Waals surface area contributed by atoms with E-state index in [1.54, 1.807) is 25.2 Å². The van der Waals surface area contributed by atoms with Crippen LogP contribution in [0.15, 0.2) is 66.7 Å². The highest BCUT2D eigenvalue weighted by molar-refractivity contribution is 6.31. The summed E-state index contributed by atoms with van der Waals surface area (Å²) in [6.07, 6.45) is 0.484. The first-order valence-corrected chi connectivity index (χ1v) is 9.40. The monoisotopic (exact) mass is 393 g/mol. The number of anilines is 2. The van der Waals surface area contributed by atoms with Crippen LogP contribution < -0.4 is 14.4 Å². The van der Waals surface area contributed by atoms with E-state index in [9.17, 15) is 4.79 Å². The van der Waals surface area contributed by atoms with Crippen molar-refractivity contribution in [1.29, 1.82) is 0 Å². The molecule has 1 atom stereocenters. The Hall–Kier alpha value is -2.98. The van der Waals surface area contributed by atoms with Gasteiger partial charge in [0.25, 0.3) is 0 Å². The van der Waals surface area contributed by atoms with E-state index in [0.717, 1.165) is 22.5 Å². The standard InChI is InChI=1S/C23H20ClNO3/c1-27-21-13-15(19(24)14-22(21)28-2)12-18-17-10-6-7-11-20(17)25(23(18)26)16-8-4-3-5-9-16/h3-11,13-14,18H,12H2,1-2H3/t18-/m0/s1. The molecule has 4 rings (SSSR count). The van der Waals surface area contributed by atoms with Crippen LogP contribution in [0.25, 0.3) is 0 Å². The zero-order valence-electron chi connectivity index (χ0n) is 15.7. The van der Waals surface area contributed by atoms with Crippen LogP contribution in [0, 0.1) is 0 Å². The van der Waals surface area contributed by atoms with Gasteiger partial charge in [-0.25, -0.2) is 0 Å². The third kappa shape index (κ3) is 3.10. The average Bonchev–Trinajstić information content (AvgIpc) is 3.01. The highest BCUT2D eigenvalue weighted by Crippen LogP contribution is 2.44. The van der Waals surface area contributed by atoms with E-state index in [1.165, 1.54) is 0 Å². The summed E-state index contributed by atoms with van der Waals surface area (Å²) in [5.74, 6) is 0.895. The summed E-state index contributed by atoms with van der Waals surface area (Å²) in [4.78, 5) is 15.2. The summed E-state index contributed by atoms with van der Waals surface area (Å²) in [6.45, 7) is 0. The van der Waals surface area contributed by atoms with Gasteiger partial charge in [0.1, 0.15) is 0 Å². The Kier molecular flexibility index (Phi) is 4.97. The van der Waals surface area contributed by atoms with Gasteiger partial charge < -0.3 is 9.47 Å². The van der Waals surface area contributed by atoms with Crippen LogP contribution in [0.3, 0.4) is 0 Å². The molecule has 28 heavy (non-hydrogen) atoms. The zero-order chi connectivity index (χ0) is 19.7. The molecular formula is C23H20ClNO3. The van der Waals surface area contributed by atoms with Gasteiger partial charge in [0.05, 0.1) is 25.8 Å². The van der Waals surface area contributed by atoms with Crippen LogP contribution in [-0.4, -0.2) is 20.1 Å². The van der Waals surface area contributed by atoms with E-state index in [4.69, 9.17) is 21.1 Å². The number of hydrogen-bond acceptors (Lipinski definition) is 3. The fraction of sp³-hybridized carbons (Fsp3) is 0.174. The molecular weight excluding hydrogens is 374 g/mol. The second kappa shape index (κ2) is 7.56. The lowest BCUT2D eigenvalue weighted by Gasteiger charge is -2.18. The van der Waals surface area contributed by atoms with Crippen molar-refractivity contribution in [3.8, 4) is 11.5 Å². The molecule has 0 N–H and O–H groups in total. The lowest BCUT2D eigenvalue weighted by molar-refractivity contribution is -0.118. The minimum Gasteiger partial charge on any atom is -0.493 e. The van der Waals surface area contributed by atoms with Crippen molar-refractivity contribution < 1.29 is 14.3 Å². The van der Waals surface area contributed by atoms with Crippen molar-refractivity contribution in [2.75, 3.05) is 19.1 Å². The van der Waals surface area contributed by atoms with Crippen molar-refractivity contribution in [2.45, 2.75) is 12.3 Å². The van der Waals surface area contributed by atoms with Crippen LogP contribution in [0.4, 0.5) is 11.4 Å². The Bertz CT molecular complexity index is 1020. The molecule has 1 heterocycles. The molecule has 5 heteroatoms. The van der Waals surface area contributed by atoms with Crippen molar-refractivity contribution in [2.24, 2.45) is 0 Å². The summed E-state index contributed by atoms with van der Waals surface area (Å²) in [6, 6.07) is 21.2. The fourth-order valence-electron chi connectivity index (χ4n) is 3.71. The summed E-state index contributed by atoms with van der Waals surface area (Å²) in [7, 11) is 3.16. The number of methoxy groups -OCH3 is 2. The van der Waals surface area contributed by atoms with Crippen molar-refractivity contribution in [3.63, 3.8) is 0 Å².